The highest BCUT2D eigenvalue weighted by atomic mass is 32.2. The summed E-state index contributed by atoms with van der Waals surface area (Å²) >= 11 is 0. The summed E-state index contributed by atoms with van der Waals surface area (Å²) in [6.45, 7) is 4.18. The molecule has 0 radical (unpaired) electrons. The van der Waals surface area contributed by atoms with Gasteiger partial charge in [-0.2, -0.15) is 4.31 Å². The van der Waals surface area contributed by atoms with Gasteiger partial charge >= 0.3 is 0 Å². The Morgan fingerprint density at radius 3 is 2.38 bits per heavy atom. The Kier molecular flexibility index (Phi) is 8.04. The van der Waals surface area contributed by atoms with Crippen molar-refractivity contribution in [1.82, 2.24) is 4.31 Å². The van der Waals surface area contributed by atoms with Gasteiger partial charge in [0.15, 0.2) is 6.61 Å². The molecule has 1 heterocycles. The van der Waals surface area contributed by atoms with Crippen molar-refractivity contribution in [1.29, 1.82) is 0 Å². The molecule has 0 spiro atoms. The molecule has 0 aliphatic carbocycles. The number of carbonyl (C=O) groups excluding carboxylic acids is 2. The quantitative estimate of drug-likeness (QED) is 0.618. The number of nitrogens with zero attached hydrogens (tertiary/aromatic N) is 1. The van der Waals surface area contributed by atoms with E-state index in [9.17, 15) is 18.0 Å². The van der Waals surface area contributed by atoms with Gasteiger partial charge in [-0.3, -0.25) is 4.79 Å². The minimum absolute atomic E-state index is 0.144. The number of hydrogen-bond donors (Lipinski definition) is 1. The molecule has 1 aliphatic heterocycles. The molecule has 172 valence electrons. The number of benzene rings is 2. The Morgan fingerprint density at radius 2 is 1.72 bits per heavy atom. The molecule has 2 aromatic rings. The maximum atomic E-state index is 13.0. The fourth-order valence-corrected chi connectivity index (χ4v) is 5.39. The van der Waals surface area contributed by atoms with Crippen LogP contribution in [0, 0.1) is 6.92 Å². The lowest BCUT2D eigenvalue weighted by Gasteiger charge is -2.26. The monoisotopic (exact) mass is 458 g/mol. The molecule has 8 heteroatoms. The fourth-order valence-electron chi connectivity index (χ4n) is 3.62. The number of Topliss-reactive ketones (excluding diaryl/α,β-unsaturated/α-hetero) is 1. The van der Waals surface area contributed by atoms with Gasteiger partial charge in [0.25, 0.3) is 5.91 Å². The van der Waals surface area contributed by atoms with E-state index in [4.69, 9.17) is 4.74 Å². The van der Waals surface area contributed by atoms with E-state index in [1.165, 1.54) is 10.4 Å². The van der Waals surface area contributed by atoms with E-state index >= 15 is 0 Å². The Hall–Kier alpha value is -2.71. The number of rotatable bonds is 9. The second-order valence-electron chi connectivity index (χ2n) is 8.13. The van der Waals surface area contributed by atoms with E-state index in [1.807, 2.05) is 12.1 Å². The summed E-state index contributed by atoms with van der Waals surface area (Å²) in [6, 6.07) is 12.2. The third-order valence-electron chi connectivity index (χ3n) is 5.46. The van der Waals surface area contributed by atoms with Crippen LogP contribution in [0.15, 0.2) is 47.4 Å². The third-order valence-corrected chi connectivity index (χ3v) is 7.50. The normalized spacial score (nSPS) is 14.7. The number of aryl methyl sites for hydroxylation is 2. The van der Waals surface area contributed by atoms with Crippen LogP contribution in [0.2, 0.25) is 0 Å². The van der Waals surface area contributed by atoms with Gasteiger partial charge in [0, 0.05) is 25.2 Å². The molecule has 3 rings (SSSR count). The molecular formula is C24H30N2O5S. The molecule has 0 aromatic heterocycles. The summed E-state index contributed by atoms with van der Waals surface area (Å²) in [7, 11) is -3.59. The van der Waals surface area contributed by atoms with Crippen LogP contribution in [0.5, 0.6) is 5.75 Å². The maximum Gasteiger partial charge on any atom is 0.262 e. The van der Waals surface area contributed by atoms with Crippen molar-refractivity contribution in [3.8, 4) is 5.75 Å². The zero-order valence-electron chi connectivity index (χ0n) is 18.6. The van der Waals surface area contributed by atoms with Crippen molar-refractivity contribution < 1.29 is 22.7 Å². The number of amides is 1. The summed E-state index contributed by atoms with van der Waals surface area (Å²) in [5.41, 5.74) is 2.09. The van der Waals surface area contributed by atoms with E-state index in [0.717, 1.165) is 24.8 Å². The fraction of sp³-hybridized carbons (Fsp3) is 0.417. The second-order valence-corrected chi connectivity index (χ2v) is 10.0. The van der Waals surface area contributed by atoms with Crippen molar-refractivity contribution in [2.75, 3.05) is 25.0 Å². The zero-order valence-corrected chi connectivity index (χ0v) is 19.4. The number of ketones is 1. The van der Waals surface area contributed by atoms with E-state index in [0.29, 0.717) is 42.9 Å². The summed E-state index contributed by atoms with van der Waals surface area (Å²) in [5.74, 6) is 0.310. The van der Waals surface area contributed by atoms with Gasteiger partial charge in [0.2, 0.25) is 10.0 Å². The van der Waals surface area contributed by atoms with Gasteiger partial charge in [-0.25, -0.2) is 8.42 Å². The molecule has 1 aliphatic rings. The second kappa shape index (κ2) is 10.7. The SMILES string of the molecule is CC(=O)CCc1ccc(OCC(=O)Nc2ccc(C)c(S(=O)(=O)N3CCCCC3)c2)cc1. The van der Waals surface area contributed by atoms with Crippen molar-refractivity contribution >= 4 is 27.4 Å². The molecule has 0 atom stereocenters. The minimum Gasteiger partial charge on any atom is -0.484 e. The van der Waals surface area contributed by atoms with E-state index in [-0.39, 0.29) is 23.2 Å². The van der Waals surface area contributed by atoms with E-state index in [1.54, 1.807) is 38.1 Å². The minimum atomic E-state index is -3.59. The Morgan fingerprint density at radius 1 is 1.03 bits per heavy atom. The Balaban J connectivity index is 1.59. The lowest BCUT2D eigenvalue weighted by molar-refractivity contribution is -0.118. The van der Waals surface area contributed by atoms with Crippen LogP contribution < -0.4 is 10.1 Å². The lowest BCUT2D eigenvalue weighted by atomic mass is 10.1. The highest BCUT2D eigenvalue weighted by Crippen LogP contribution is 2.26. The first-order chi connectivity index (χ1) is 15.3. The molecule has 1 fully saturated rings. The maximum absolute atomic E-state index is 13.0. The van der Waals surface area contributed by atoms with Crippen molar-refractivity contribution in [3.63, 3.8) is 0 Å². The van der Waals surface area contributed by atoms with Gasteiger partial charge in [-0.1, -0.05) is 24.6 Å². The largest absolute Gasteiger partial charge is 0.484 e. The smallest absolute Gasteiger partial charge is 0.262 e. The van der Waals surface area contributed by atoms with Crippen LogP contribution in [-0.2, 0) is 26.0 Å². The highest BCUT2D eigenvalue weighted by Gasteiger charge is 2.27. The summed E-state index contributed by atoms with van der Waals surface area (Å²) in [6.07, 6.45) is 3.94. The average molecular weight is 459 g/mol. The van der Waals surface area contributed by atoms with Gasteiger partial charge in [-0.15, -0.1) is 0 Å². The van der Waals surface area contributed by atoms with E-state index < -0.39 is 10.0 Å². The third kappa shape index (κ3) is 6.40. The van der Waals surface area contributed by atoms with Crippen molar-refractivity contribution in [3.05, 3.63) is 53.6 Å². The first-order valence-electron chi connectivity index (χ1n) is 10.9. The zero-order chi connectivity index (χ0) is 23.1. The number of anilines is 1. The molecule has 2 aromatic carbocycles. The van der Waals surface area contributed by atoms with Crippen molar-refractivity contribution in [2.45, 2.75) is 50.8 Å². The van der Waals surface area contributed by atoms with Gasteiger partial charge < -0.3 is 14.8 Å². The molecular weight excluding hydrogens is 428 g/mol. The molecule has 1 saturated heterocycles. The predicted molar refractivity (Wildman–Crippen MR) is 123 cm³/mol. The molecule has 0 saturated carbocycles. The van der Waals surface area contributed by atoms with E-state index in [2.05, 4.69) is 5.32 Å². The number of ether oxygens (including phenoxy) is 1. The molecule has 0 bridgehead atoms. The van der Waals surface area contributed by atoms with Crippen LogP contribution in [-0.4, -0.2) is 44.1 Å². The van der Waals surface area contributed by atoms with Crippen LogP contribution in [0.4, 0.5) is 5.69 Å². The number of sulfonamides is 1. The van der Waals surface area contributed by atoms with Crippen LogP contribution in [0.25, 0.3) is 0 Å². The van der Waals surface area contributed by atoms with Gasteiger partial charge in [0.1, 0.15) is 11.5 Å². The number of piperidine rings is 1. The number of carbonyl (C=O) groups is 2. The van der Waals surface area contributed by atoms with Crippen LogP contribution in [0.3, 0.4) is 0 Å². The Bertz CT molecular complexity index is 1060. The van der Waals surface area contributed by atoms with Gasteiger partial charge in [-0.05, 0) is 68.5 Å². The molecule has 7 nitrogen and oxygen atoms in total. The first kappa shape index (κ1) is 23.9. The lowest BCUT2D eigenvalue weighted by Crippen LogP contribution is -2.36. The summed E-state index contributed by atoms with van der Waals surface area (Å²) < 4.78 is 33.1. The number of nitrogens with one attached hydrogen (secondary N) is 1. The van der Waals surface area contributed by atoms with Crippen LogP contribution in [0.1, 0.15) is 43.7 Å². The summed E-state index contributed by atoms with van der Waals surface area (Å²) in [5, 5.41) is 2.71. The first-order valence-corrected chi connectivity index (χ1v) is 12.3. The molecule has 1 amide bonds. The standard InChI is InChI=1S/C24H30N2O5S/c1-18-6-11-21(16-23(18)32(29,30)26-14-4-3-5-15-26)25-24(28)17-31-22-12-9-20(10-13-22)8-7-19(2)27/h6,9-13,16H,3-5,7-8,14-15,17H2,1-2H3,(H,25,28). The topological polar surface area (TPSA) is 92.8 Å². The summed E-state index contributed by atoms with van der Waals surface area (Å²) in [4.78, 5) is 23.6. The molecule has 32 heavy (non-hydrogen) atoms. The Labute approximate surface area is 189 Å². The highest BCUT2D eigenvalue weighted by molar-refractivity contribution is 7.89. The molecule has 0 unspecified atom stereocenters. The number of hydrogen-bond acceptors (Lipinski definition) is 5. The van der Waals surface area contributed by atoms with Gasteiger partial charge in [0.05, 0.1) is 4.90 Å². The van der Waals surface area contributed by atoms with Crippen molar-refractivity contribution in [2.24, 2.45) is 0 Å². The van der Waals surface area contributed by atoms with Crippen LogP contribution >= 0.6 is 0 Å². The molecule has 1 N–H and O–H groups in total. The predicted octanol–water partition coefficient (Wildman–Crippen LogP) is 3.71. The average Bonchev–Trinajstić information content (AvgIpc) is 2.78.